The third kappa shape index (κ3) is 2.82. The molecule has 0 atom stereocenters. The summed E-state index contributed by atoms with van der Waals surface area (Å²) in [7, 11) is 2.08. The van der Waals surface area contributed by atoms with Crippen molar-refractivity contribution in [2.24, 2.45) is 11.1 Å². The van der Waals surface area contributed by atoms with Crippen molar-refractivity contribution in [1.29, 1.82) is 0 Å². The van der Waals surface area contributed by atoms with Crippen LogP contribution >= 0.6 is 0 Å². The van der Waals surface area contributed by atoms with Gasteiger partial charge in [0.1, 0.15) is 0 Å². The normalized spacial score (nSPS) is 19.4. The molecule has 0 bridgehead atoms. The SMILES string of the molecule is CN1CCC(CNc2ccccc2)(C(N)=O)CC1. The highest BCUT2D eigenvalue weighted by molar-refractivity contribution is 5.81. The van der Waals surface area contributed by atoms with Crippen molar-refractivity contribution < 1.29 is 4.79 Å². The third-order valence-corrected chi connectivity index (χ3v) is 3.87. The number of benzene rings is 1. The van der Waals surface area contributed by atoms with Gasteiger partial charge in [-0.1, -0.05) is 18.2 Å². The van der Waals surface area contributed by atoms with Gasteiger partial charge in [0.05, 0.1) is 5.41 Å². The molecule has 1 aromatic carbocycles. The first-order valence-corrected chi connectivity index (χ1v) is 6.40. The summed E-state index contributed by atoms with van der Waals surface area (Å²) in [6.45, 7) is 2.49. The Labute approximate surface area is 108 Å². The Hall–Kier alpha value is -1.55. The summed E-state index contributed by atoms with van der Waals surface area (Å²) in [5, 5.41) is 3.33. The number of amides is 1. The number of hydrogen-bond donors (Lipinski definition) is 2. The van der Waals surface area contributed by atoms with Crippen molar-refractivity contribution in [2.75, 3.05) is 32.0 Å². The minimum atomic E-state index is -0.400. The number of hydrogen-bond acceptors (Lipinski definition) is 3. The second kappa shape index (κ2) is 5.40. The van der Waals surface area contributed by atoms with Gasteiger partial charge in [-0.3, -0.25) is 4.79 Å². The maximum atomic E-state index is 11.8. The Balaban J connectivity index is 2.01. The molecular formula is C14H21N3O. The van der Waals surface area contributed by atoms with Crippen LogP contribution in [0.5, 0.6) is 0 Å². The van der Waals surface area contributed by atoms with Gasteiger partial charge in [-0.05, 0) is 45.1 Å². The highest BCUT2D eigenvalue weighted by Gasteiger charge is 2.38. The van der Waals surface area contributed by atoms with Crippen molar-refractivity contribution in [2.45, 2.75) is 12.8 Å². The van der Waals surface area contributed by atoms with Crippen molar-refractivity contribution in [3.63, 3.8) is 0 Å². The predicted octanol–water partition coefficient (Wildman–Crippen LogP) is 1.30. The summed E-state index contributed by atoms with van der Waals surface area (Å²) in [6, 6.07) is 9.94. The van der Waals surface area contributed by atoms with E-state index in [1.165, 1.54) is 0 Å². The molecule has 0 aliphatic carbocycles. The number of para-hydroxylation sites is 1. The number of anilines is 1. The molecular weight excluding hydrogens is 226 g/mol. The first-order chi connectivity index (χ1) is 8.62. The van der Waals surface area contributed by atoms with Crippen LogP contribution in [0.2, 0.25) is 0 Å². The molecule has 0 aromatic heterocycles. The van der Waals surface area contributed by atoms with E-state index in [0.29, 0.717) is 6.54 Å². The summed E-state index contributed by atoms with van der Waals surface area (Å²) >= 11 is 0. The van der Waals surface area contributed by atoms with Gasteiger partial charge in [-0.25, -0.2) is 0 Å². The summed E-state index contributed by atoms with van der Waals surface area (Å²) in [6.07, 6.45) is 1.66. The number of piperidine rings is 1. The largest absolute Gasteiger partial charge is 0.384 e. The zero-order valence-electron chi connectivity index (χ0n) is 10.9. The van der Waals surface area contributed by atoms with E-state index in [9.17, 15) is 4.79 Å². The van der Waals surface area contributed by atoms with E-state index in [1.807, 2.05) is 30.3 Å². The molecule has 1 heterocycles. The Kier molecular flexibility index (Phi) is 3.87. The average Bonchev–Trinajstić information content (AvgIpc) is 2.39. The van der Waals surface area contributed by atoms with Gasteiger partial charge >= 0.3 is 0 Å². The fraction of sp³-hybridized carbons (Fsp3) is 0.500. The van der Waals surface area contributed by atoms with E-state index in [-0.39, 0.29) is 5.91 Å². The Morgan fingerprint density at radius 1 is 1.33 bits per heavy atom. The molecule has 98 valence electrons. The second-order valence-corrected chi connectivity index (χ2v) is 5.17. The summed E-state index contributed by atoms with van der Waals surface area (Å²) in [4.78, 5) is 14.0. The lowest BCUT2D eigenvalue weighted by Gasteiger charge is -2.38. The van der Waals surface area contributed by atoms with Crippen molar-refractivity contribution in [3.05, 3.63) is 30.3 Å². The number of rotatable bonds is 4. The molecule has 0 spiro atoms. The van der Waals surface area contributed by atoms with Crippen LogP contribution in [-0.2, 0) is 4.79 Å². The fourth-order valence-electron chi connectivity index (χ4n) is 2.38. The number of nitrogens with two attached hydrogens (primary N) is 1. The summed E-state index contributed by atoms with van der Waals surface area (Å²) in [5.74, 6) is -0.181. The second-order valence-electron chi connectivity index (χ2n) is 5.17. The number of carbonyl (C=O) groups excluding carboxylic acids is 1. The van der Waals surface area contributed by atoms with Crippen LogP contribution in [0.25, 0.3) is 0 Å². The third-order valence-electron chi connectivity index (χ3n) is 3.87. The van der Waals surface area contributed by atoms with Crippen LogP contribution in [0.4, 0.5) is 5.69 Å². The average molecular weight is 247 g/mol. The lowest BCUT2D eigenvalue weighted by Crippen LogP contribution is -2.49. The molecule has 2 rings (SSSR count). The van der Waals surface area contributed by atoms with Gasteiger partial charge in [0.15, 0.2) is 0 Å². The van der Waals surface area contributed by atoms with E-state index in [1.54, 1.807) is 0 Å². The van der Waals surface area contributed by atoms with Gasteiger partial charge in [-0.15, -0.1) is 0 Å². The minimum Gasteiger partial charge on any atom is -0.384 e. The summed E-state index contributed by atoms with van der Waals surface area (Å²) in [5.41, 5.74) is 6.25. The Bertz CT molecular complexity index is 397. The van der Waals surface area contributed by atoms with Crippen LogP contribution in [0.1, 0.15) is 12.8 Å². The van der Waals surface area contributed by atoms with Crippen molar-refractivity contribution in [3.8, 4) is 0 Å². The quantitative estimate of drug-likeness (QED) is 0.843. The van der Waals surface area contributed by atoms with Crippen molar-refractivity contribution >= 4 is 11.6 Å². The molecule has 1 aliphatic rings. The van der Waals surface area contributed by atoms with Crippen LogP contribution < -0.4 is 11.1 Å². The molecule has 18 heavy (non-hydrogen) atoms. The lowest BCUT2D eigenvalue weighted by molar-refractivity contribution is -0.129. The molecule has 1 amide bonds. The zero-order valence-corrected chi connectivity index (χ0v) is 10.9. The predicted molar refractivity (Wildman–Crippen MR) is 73.3 cm³/mol. The Morgan fingerprint density at radius 3 is 2.50 bits per heavy atom. The van der Waals surface area contributed by atoms with E-state index in [4.69, 9.17) is 5.73 Å². The Morgan fingerprint density at radius 2 is 1.94 bits per heavy atom. The number of likely N-dealkylation sites (tertiary alicyclic amines) is 1. The first-order valence-electron chi connectivity index (χ1n) is 6.40. The first kappa shape index (κ1) is 12.9. The van der Waals surface area contributed by atoms with Crippen molar-refractivity contribution in [1.82, 2.24) is 4.90 Å². The molecule has 4 heteroatoms. The molecule has 1 saturated heterocycles. The van der Waals surface area contributed by atoms with Crippen LogP contribution in [-0.4, -0.2) is 37.5 Å². The van der Waals surface area contributed by atoms with E-state index in [0.717, 1.165) is 31.6 Å². The van der Waals surface area contributed by atoms with E-state index >= 15 is 0 Å². The number of nitrogens with zero attached hydrogens (tertiary/aromatic N) is 1. The molecule has 1 aliphatic heterocycles. The van der Waals surface area contributed by atoms with Gasteiger partial charge < -0.3 is 16.0 Å². The van der Waals surface area contributed by atoms with Crippen LogP contribution in [0, 0.1) is 5.41 Å². The number of primary amides is 1. The molecule has 1 aromatic rings. The van der Waals surface area contributed by atoms with Gasteiger partial charge in [0.25, 0.3) is 0 Å². The molecule has 3 N–H and O–H groups in total. The standard InChI is InChI=1S/C14H21N3O/c1-17-9-7-14(8-10-17,13(15)18)11-16-12-5-3-2-4-6-12/h2-6,16H,7-11H2,1H3,(H2,15,18). The molecule has 4 nitrogen and oxygen atoms in total. The van der Waals surface area contributed by atoms with Crippen LogP contribution in [0.3, 0.4) is 0 Å². The number of carbonyl (C=O) groups is 1. The van der Waals surface area contributed by atoms with Gasteiger partial charge in [0, 0.05) is 12.2 Å². The fourth-order valence-corrected chi connectivity index (χ4v) is 2.38. The van der Waals surface area contributed by atoms with Gasteiger partial charge in [-0.2, -0.15) is 0 Å². The van der Waals surface area contributed by atoms with E-state index in [2.05, 4.69) is 17.3 Å². The number of nitrogens with one attached hydrogen (secondary N) is 1. The lowest BCUT2D eigenvalue weighted by atomic mass is 9.77. The highest BCUT2D eigenvalue weighted by Crippen LogP contribution is 2.31. The monoisotopic (exact) mass is 247 g/mol. The molecule has 1 fully saturated rings. The molecule has 0 unspecified atom stereocenters. The van der Waals surface area contributed by atoms with Gasteiger partial charge in [0.2, 0.25) is 5.91 Å². The topological polar surface area (TPSA) is 58.4 Å². The molecule has 0 radical (unpaired) electrons. The van der Waals surface area contributed by atoms with Crippen LogP contribution in [0.15, 0.2) is 30.3 Å². The maximum absolute atomic E-state index is 11.8. The highest BCUT2D eigenvalue weighted by atomic mass is 16.1. The van der Waals surface area contributed by atoms with E-state index < -0.39 is 5.41 Å². The smallest absolute Gasteiger partial charge is 0.225 e. The maximum Gasteiger partial charge on any atom is 0.225 e. The minimum absolute atomic E-state index is 0.181. The zero-order chi connectivity index (χ0) is 13.0. The summed E-state index contributed by atoms with van der Waals surface area (Å²) < 4.78 is 0. The molecule has 0 saturated carbocycles.